The van der Waals surface area contributed by atoms with Crippen molar-refractivity contribution in [1.29, 1.82) is 0 Å². The molecule has 0 aromatic heterocycles. The van der Waals surface area contributed by atoms with Gasteiger partial charge in [0.15, 0.2) is 0 Å². The van der Waals surface area contributed by atoms with E-state index in [1.165, 1.54) is 12.1 Å². The van der Waals surface area contributed by atoms with E-state index < -0.39 is 0 Å². The topological polar surface area (TPSA) is 29.5 Å². The molecule has 0 aliphatic heterocycles. The van der Waals surface area contributed by atoms with E-state index in [2.05, 4.69) is 0 Å². The van der Waals surface area contributed by atoms with Gasteiger partial charge in [0, 0.05) is 12.5 Å². The summed E-state index contributed by atoms with van der Waals surface area (Å²) in [5, 5.41) is 9.35. The molecule has 0 radical (unpaired) electrons. The second kappa shape index (κ2) is 4.19. The van der Waals surface area contributed by atoms with E-state index in [1.807, 2.05) is 6.92 Å². The number of aliphatic hydroxyl groups is 1. The molecule has 3 heteroatoms. The Morgan fingerprint density at radius 1 is 1.40 bits per heavy atom. The van der Waals surface area contributed by atoms with E-state index in [0.29, 0.717) is 12.2 Å². The van der Waals surface area contributed by atoms with Crippen molar-refractivity contribution in [3.05, 3.63) is 29.6 Å². The number of aryl methyl sites for hydroxylation is 1. The molecule has 82 valence electrons. The van der Waals surface area contributed by atoms with Gasteiger partial charge < -0.3 is 9.84 Å². The monoisotopic (exact) mass is 210 g/mol. The van der Waals surface area contributed by atoms with E-state index in [9.17, 15) is 9.50 Å². The summed E-state index contributed by atoms with van der Waals surface area (Å²) < 4.78 is 18.6. The standard InChI is InChI=1S/C12H15FO2/c1-8-2-3-9(13)6-12(8)15-11-5-4-10(14)7-11/h2-3,6,10-11,14H,4-5,7H2,1H3. The lowest BCUT2D eigenvalue weighted by molar-refractivity contribution is 0.149. The molecule has 0 saturated heterocycles. The SMILES string of the molecule is Cc1ccc(F)cc1OC1CCC(O)C1. The second-order valence-electron chi connectivity index (χ2n) is 4.12. The van der Waals surface area contributed by atoms with Crippen LogP contribution in [0.3, 0.4) is 0 Å². The Labute approximate surface area is 88.7 Å². The average Bonchev–Trinajstić information content (AvgIpc) is 2.58. The predicted molar refractivity (Wildman–Crippen MR) is 55.4 cm³/mol. The molecule has 2 atom stereocenters. The summed E-state index contributed by atoms with van der Waals surface area (Å²) in [6.45, 7) is 1.89. The number of ether oxygens (including phenoxy) is 1. The van der Waals surface area contributed by atoms with Crippen LogP contribution in [-0.4, -0.2) is 17.3 Å². The van der Waals surface area contributed by atoms with Crippen molar-refractivity contribution >= 4 is 0 Å². The van der Waals surface area contributed by atoms with Crippen LogP contribution < -0.4 is 4.74 Å². The average molecular weight is 210 g/mol. The first-order valence-corrected chi connectivity index (χ1v) is 5.26. The van der Waals surface area contributed by atoms with Gasteiger partial charge in [0.25, 0.3) is 0 Å². The minimum absolute atomic E-state index is 0.0282. The zero-order valence-electron chi connectivity index (χ0n) is 8.74. The van der Waals surface area contributed by atoms with Crippen molar-refractivity contribution < 1.29 is 14.2 Å². The Bertz CT molecular complexity index is 351. The van der Waals surface area contributed by atoms with Crippen LogP contribution in [0.2, 0.25) is 0 Å². The van der Waals surface area contributed by atoms with E-state index in [-0.39, 0.29) is 18.0 Å². The zero-order valence-corrected chi connectivity index (χ0v) is 8.74. The largest absolute Gasteiger partial charge is 0.490 e. The molecular formula is C12H15FO2. The summed E-state index contributed by atoms with van der Waals surface area (Å²) in [7, 11) is 0. The second-order valence-corrected chi connectivity index (χ2v) is 4.12. The maximum Gasteiger partial charge on any atom is 0.126 e. The van der Waals surface area contributed by atoms with E-state index >= 15 is 0 Å². The van der Waals surface area contributed by atoms with Gasteiger partial charge >= 0.3 is 0 Å². The fourth-order valence-electron chi connectivity index (χ4n) is 1.90. The molecule has 1 aliphatic carbocycles. The smallest absolute Gasteiger partial charge is 0.126 e. The zero-order chi connectivity index (χ0) is 10.8. The highest BCUT2D eigenvalue weighted by molar-refractivity contribution is 5.32. The van der Waals surface area contributed by atoms with Crippen LogP contribution in [0.5, 0.6) is 5.75 Å². The van der Waals surface area contributed by atoms with Crippen LogP contribution in [0, 0.1) is 12.7 Å². The summed E-state index contributed by atoms with van der Waals surface area (Å²) in [6, 6.07) is 4.53. The van der Waals surface area contributed by atoms with Gasteiger partial charge in [-0.25, -0.2) is 4.39 Å². The maximum atomic E-state index is 13.0. The van der Waals surface area contributed by atoms with Gasteiger partial charge in [0.2, 0.25) is 0 Å². The minimum atomic E-state index is -0.283. The van der Waals surface area contributed by atoms with Gasteiger partial charge in [-0.1, -0.05) is 6.07 Å². The lowest BCUT2D eigenvalue weighted by Crippen LogP contribution is -2.14. The molecule has 1 aliphatic rings. The Morgan fingerprint density at radius 2 is 2.20 bits per heavy atom. The number of halogens is 1. The van der Waals surface area contributed by atoms with Crippen molar-refractivity contribution in [3.8, 4) is 5.75 Å². The summed E-state index contributed by atoms with van der Waals surface area (Å²) >= 11 is 0. The van der Waals surface area contributed by atoms with Crippen molar-refractivity contribution in [2.24, 2.45) is 0 Å². The fraction of sp³-hybridized carbons (Fsp3) is 0.500. The van der Waals surface area contributed by atoms with Gasteiger partial charge in [0.1, 0.15) is 17.7 Å². The number of hydrogen-bond acceptors (Lipinski definition) is 2. The molecule has 1 fully saturated rings. The summed E-state index contributed by atoms with van der Waals surface area (Å²) in [5.74, 6) is 0.309. The molecule has 0 bridgehead atoms. The Hall–Kier alpha value is -1.09. The van der Waals surface area contributed by atoms with Gasteiger partial charge in [-0.3, -0.25) is 0 Å². The highest BCUT2D eigenvalue weighted by atomic mass is 19.1. The normalized spacial score (nSPS) is 25.5. The summed E-state index contributed by atoms with van der Waals surface area (Å²) in [5.41, 5.74) is 0.929. The third-order valence-electron chi connectivity index (χ3n) is 2.80. The number of benzene rings is 1. The summed E-state index contributed by atoms with van der Waals surface area (Å²) in [4.78, 5) is 0. The number of hydrogen-bond donors (Lipinski definition) is 1. The predicted octanol–water partition coefficient (Wildman–Crippen LogP) is 2.43. The Kier molecular flexibility index (Phi) is 2.91. The van der Waals surface area contributed by atoms with Crippen molar-refractivity contribution in [2.45, 2.75) is 38.4 Å². The molecule has 0 spiro atoms. The van der Waals surface area contributed by atoms with Gasteiger partial charge in [-0.2, -0.15) is 0 Å². The van der Waals surface area contributed by atoms with Crippen LogP contribution in [0.1, 0.15) is 24.8 Å². The summed E-state index contributed by atoms with van der Waals surface area (Å²) in [6.07, 6.45) is 2.04. The lowest BCUT2D eigenvalue weighted by atomic mass is 10.2. The van der Waals surface area contributed by atoms with Crippen LogP contribution >= 0.6 is 0 Å². The molecular weight excluding hydrogens is 195 g/mol. The highest BCUT2D eigenvalue weighted by Crippen LogP contribution is 2.27. The third-order valence-corrected chi connectivity index (χ3v) is 2.80. The minimum Gasteiger partial charge on any atom is -0.490 e. The van der Waals surface area contributed by atoms with E-state index in [0.717, 1.165) is 18.4 Å². The molecule has 0 heterocycles. The lowest BCUT2D eigenvalue weighted by Gasteiger charge is -2.15. The molecule has 2 rings (SSSR count). The van der Waals surface area contributed by atoms with Crippen LogP contribution in [0.15, 0.2) is 18.2 Å². The first kappa shape index (κ1) is 10.4. The molecule has 1 aromatic carbocycles. The van der Waals surface area contributed by atoms with Crippen LogP contribution in [-0.2, 0) is 0 Å². The maximum absolute atomic E-state index is 13.0. The first-order valence-electron chi connectivity index (χ1n) is 5.26. The number of rotatable bonds is 2. The molecule has 1 aromatic rings. The van der Waals surface area contributed by atoms with E-state index in [1.54, 1.807) is 6.07 Å². The molecule has 1 N–H and O–H groups in total. The molecule has 15 heavy (non-hydrogen) atoms. The Balaban J connectivity index is 2.07. The van der Waals surface area contributed by atoms with Crippen LogP contribution in [0.4, 0.5) is 4.39 Å². The van der Waals surface area contributed by atoms with Crippen LogP contribution in [0.25, 0.3) is 0 Å². The van der Waals surface area contributed by atoms with Crippen molar-refractivity contribution in [1.82, 2.24) is 0 Å². The quantitative estimate of drug-likeness (QED) is 0.812. The first-order chi connectivity index (χ1) is 7.15. The van der Waals surface area contributed by atoms with Gasteiger partial charge in [-0.15, -0.1) is 0 Å². The van der Waals surface area contributed by atoms with Gasteiger partial charge in [0.05, 0.1) is 6.10 Å². The third kappa shape index (κ3) is 2.48. The Morgan fingerprint density at radius 3 is 2.87 bits per heavy atom. The molecule has 0 amide bonds. The molecule has 2 nitrogen and oxygen atoms in total. The molecule has 1 saturated carbocycles. The fourth-order valence-corrected chi connectivity index (χ4v) is 1.90. The highest BCUT2D eigenvalue weighted by Gasteiger charge is 2.24. The van der Waals surface area contributed by atoms with Crippen molar-refractivity contribution in [3.63, 3.8) is 0 Å². The van der Waals surface area contributed by atoms with Crippen molar-refractivity contribution in [2.75, 3.05) is 0 Å². The number of aliphatic hydroxyl groups excluding tert-OH is 1. The molecule has 2 unspecified atom stereocenters. The van der Waals surface area contributed by atoms with Gasteiger partial charge in [-0.05, 0) is 31.4 Å². The van der Waals surface area contributed by atoms with E-state index in [4.69, 9.17) is 4.74 Å².